The highest BCUT2D eigenvalue weighted by Gasteiger charge is 2.49. The van der Waals surface area contributed by atoms with E-state index < -0.39 is 29.6 Å². The van der Waals surface area contributed by atoms with Crippen molar-refractivity contribution in [2.24, 2.45) is 5.41 Å². The van der Waals surface area contributed by atoms with Gasteiger partial charge < -0.3 is 20.4 Å². The van der Waals surface area contributed by atoms with Gasteiger partial charge in [-0.15, -0.1) is 0 Å². The van der Waals surface area contributed by atoms with E-state index in [0.717, 1.165) is 16.7 Å². The minimum Gasteiger partial charge on any atom is -0.396 e. The van der Waals surface area contributed by atoms with Crippen LogP contribution in [0.1, 0.15) is 55.4 Å². The highest BCUT2D eigenvalue weighted by atomic mass is 35.5. The second kappa shape index (κ2) is 8.01. The van der Waals surface area contributed by atoms with Crippen LogP contribution in [-0.2, 0) is 5.41 Å². The lowest BCUT2D eigenvalue weighted by Gasteiger charge is -2.46. The third-order valence-electron chi connectivity index (χ3n) is 6.71. The molecule has 0 heterocycles. The molecule has 0 radical (unpaired) electrons. The normalized spacial score (nSPS) is 30.4. The molecular weight excluding hydrogens is 388 g/mol. The molecule has 3 rings (SSSR count). The third kappa shape index (κ3) is 3.97. The fourth-order valence-corrected chi connectivity index (χ4v) is 4.79. The molecule has 1 aliphatic rings. The molecule has 0 aromatic heterocycles. The Morgan fingerprint density at radius 3 is 2.24 bits per heavy atom. The van der Waals surface area contributed by atoms with Gasteiger partial charge in [0.2, 0.25) is 0 Å². The van der Waals surface area contributed by atoms with Crippen LogP contribution < -0.4 is 0 Å². The molecule has 5 heteroatoms. The molecule has 0 spiro atoms. The van der Waals surface area contributed by atoms with E-state index in [2.05, 4.69) is 38.1 Å². The molecule has 1 aliphatic carbocycles. The van der Waals surface area contributed by atoms with Crippen molar-refractivity contribution < 1.29 is 20.4 Å². The summed E-state index contributed by atoms with van der Waals surface area (Å²) in [5.41, 5.74) is 2.82. The van der Waals surface area contributed by atoms with Crippen LogP contribution in [0.3, 0.4) is 0 Å². The molecule has 5 atom stereocenters. The first kappa shape index (κ1) is 22.3. The SMILES string of the molecule is Cc1ccc(C(C)(C)c2cc([C@@H]3C[C@](C)(CO)[C@@H](O)[C@H](O)[C@H]3O)ccc2Cl)cc1. The van der Waals surface area contributed by atoms with Gasteiger partial charge >= 0.3 is 0 Å². The summed E-state index contributed by atoms with van der Waals surface area (Å²) in [5, 5.41) is 41.9. The van der Waals surface area contributed by atoms with Crippen molar-refractivity contribution in [3.05, 3.63) is 69.7 Å². The first-order valence-corrected chi connectivity index (χ1v) is 10.4. The molecule has 2 aromatic carbocycles. The van der Waals surface area contributed by atoms with Crippen molar-refractivity contribution >= 4 is 11.6 Å². The number of aliphatic hydroxyl groups is 4. The van der Waals surface area contributed by atoms with Crippen LogP contribution in [-0.4, -0.2) is 45.3 Å². The topological polar surface area (TPSA) is 80.9 Å². The molecule has 0 bridgehead atoms. The van der Waals surface area contributed by atoms with E-state index in [-0.39, 0.29) is 12.0 Å². The van der Waals surface area contributed by atoms with E-state index in [0.29, 0.717) is 11.4 Å². The Morgan fingerprint density at radius 1 is 1.03 bits per heavy atom. The average molecular weight is 419 g/mol. The number of hydrogen-bond acceptors (Lipinski definition) is 4. The maximum Gasteiger partial charge on any atom is 0.107 e. The largest absolute Gasteiger partial charge is 0.396 e. The summed E-state index contributed by atoms with van der Waals surface area (Å²) in [5.74, 6) is -0.421. The van der Waals surface area contributed by atoms with Gasteiger partial charge in [-0.3, -0.25) is 0 Å². The molecule has 0 unspecified atom stereocenters. The Kier molecular flexibility index (Phi) is 6.15. The van der Waals surface area contributed by atoms with Crippen molar-refractivity contribution in [1.29, 1.82) is 0 Å². The second-order valence-electron chi connectivity index (χ2n) is 9.28. The van der Waals surface area contributed by atoms with Crippen LogP contribution in [0, 0.1) is 12.3 Å². The van der Waals surface area contributed by atoms with Crippen LogP contribution >= 0.6 is 11.6 Å². The molecule has 0 amide bonds. The zero-order valence-electron chi connectivity index (χ0n) is 17.4. The minimum atomic E-state index is -1.32. The van der Waals surface area contributed by atoms with Crippen LogP contribution in [0.5, 0.6) is 0 Å². The molecule has 1 saturated carbocycles. The van der Waals surface area contributed by atoms with Crippen molar-refractivity contribution in [3.8, 4) is 0 Å². The van der Waals surface area contributed by atoms with Gasteiger partial charge in [0.05, 0.1) is 18.8 Å². The summed E-state index contributed by atoms with van der Waals surface area (Å²) in [4.78, 5) is 0. The molecule has 0 saturated heterocycles. The number of hydrogen-bond donors (Lipinski definition) is 4. The summed E-state index contributed by atoms with van der Waals surface area (Å²) >= 11 is 6.58. The highest BCUT2D eigenvalue weighted by Crippen LogP contribution is 2.46. The molecule has 158 valence electrons. The Morgan fingerprint density at radius 2 is 1.66 bits per heavy atom. The number of benzene rings is 2. The van der Waals surface area contributed by atoms with Gasteiger partial charge in [-0.2, -0.15) is 0 Å². The van der Waals surface area contributed by atoms with E-state index in [4.69, 9.17) is 11.6 Å². The van der Waals surface area contributed by atoms with E-state index in [1.165, 1.54) is 5.56 Å². The lowest BCUT2D eigenvalue weighted by molar-refractivity contribution is -0.161. The van der Waals surface area contributed by atoms with E-state index in [9.17, 15) is 20.4 Å². The Balaban J connectivity index is 2.03. The lowest BCUT2D eigenvalue weighted by Crippen LogP contribution is -2.56. The summed E-state index contributed by atoms with van der Waals surface area (Å²) < 4.78 is 0. The molecule has 1 fully saturated rings. The summed E-state index contributed by atoms with van der Waals surface area (Å²) in [7, 11) is 0. The van der Waals surface area contributed by atoms with Gasteiger partial charge in [0.1, 0.15) is 6.10 Å². The molecule has 4 N–H and O–H groups in total. The first-order valence-electron chi connectivity index (χ1n) is 10.0. The summed E-state index contributed by atoms with van der Waals surface area (Å²) in [6, 6.07) is 14.0. The monoisotopic (exact) mass is 418 g/mol. The quantitative estimate of drug-likeness (QED) is 0.612. The van der Waals surface area contributed by atoms with E-state index >= 15 is 0 Å². The molecule has 0 aliphatic heterocycles. The van der Waals surface area contributed by atoms with Gasteiger partial charge in [-0.25, -0.2) is 0 Å². The zero-order valence-corrected chi connectivity index (χ0v) is 18.2. The lowest BCUT2D eigenvalue weighted by atomic mass is 9.64. The van der Waals surface area contributed by atoms with Crippen molar-refractivity contribution in [2.75, 3.05) is 6.61 Å². The van der Waals surface area contributed by atoms with Gasteiger partial charge in [-0.1, -0.05) is 74.3 Å². The summed E-state index contributed by atoms with van der Waals surface area (Å²) in [6.45, 7) is 7.72. The first-order chi connectivity index (χ1) is 13.5. The van der Waals surface area contributed by atoms with E-state index in [1.807, 2.05) is 25.1 Å². The number of aliphatic hydroxyl groups excluding tert-OH is 4. The molecule has 4 nitrogen and oxygen atoms in total. The third-order valence-corrected chi connectivity index (χ3v) is 7.04. The fraction of sp³-hybridized carbons (Fsp3) is 0.500. The van der Waals surface area contributed by atoms with Crippen molar-refractivity contribution in [2.45, 2.75) is 63.8 Å². The fourth-order valence-electron chi connectivity index (χ4n) is 4.43. The Labute approximate surface area is 177 Å². The van der Waals surface area contributed by atoms with Crippen LogP contribution in [0.25, 0.3) is 0 Å². The maximum absolute atomic E-state index is 10.7. The predicted octanol–water partition coefficient (Wildman–Crippen LogP) is 3.54. The molecule has 29 heavy (non-hydrogen) atoms. The van der Waals surface area contributed by atoms with Crippen LogP contribution in [0.4, 0.5) is 0 Å². The smallest absolute Gasteiger partial charge is 0.107 e. The Bertz CT molecular complexity index is 864. The average Bonchev–Trinajstić information content (AvgIpc) is 2.70. The number of rotatable bonds is 4. The highest BCUT2D eigenvalue weighted by molar-refractivity contribution is 6.31. The van der Waals surface area contributed by atoms with E-state index in [1.54, 1.807) is 6.92 Å². The van der Waals surface area contributed by atoms with Gasteiger partial charge in [-0.05, 0) is 36.1 Å². The molecule has 2 aromatic rings. The number of aryl methyl sites for hydroxylation is 1. The van der Waals surface area contributed by atoms with Crippen molar-refractivity contribution in [3.63, 3.8) is 0 Å². The zero-order chi connectivity index (χ0) is 21.6. The summed E-state index contributed by atoms with van der Waals surface area (Å²) in [6.07, 6.45) is -3.28. The predicted molar refractivity (Wildman–Crippen MR) is 115 cm³/mol. The van der Waals surface area contributed by atoms with Gasteiger partial charge in [0.25, 0.3) is 0 Å². The van der Waals surface area contributed by atoms with Crippen LogP contribution in [0.15, 0.2) is 42.5 Å². The second-order valence-corrected chi connectivity index (χ2v) is 9.69. The van der Waals surface area contributed by atoms with Gasteiger partial charge in [0.15, 0.2) is 0 Å². The van der Waals surface area contributed by atoms with Crippen LogP contribution in [0.2, 0.25) is 5.02 Å². The minimum absolute atomic E-state index is 0.274. The standard InChI is InChI=1S/C24H31ClO4/c1-14-5-8-16(9-6-14)23(2,3)18-11-15(7-10-19(18)25)17-12-24(4,13-26)22(29)21(28)20(17)27/h5-11,17,20-22,26-29H,12-13H2,1-4H3/t17-,20-,21+,22-,24+/m0/s1. The maximum atomic E-state index is 10.7. The Hall–Kier alpha value is -1.43. The number of halogens is 1. The van der Waals surface area contributed by atoms with Gasteiger partial charge in [0, 0.05) is 21.8 Å². The van der Waals surface area contributed by atoms with Crippen molar-refractivity contribution in [1.82, 2.24) is 0 Å². The molecular formula is C24H31ClO4.